The first-order valence-corrected chi connectivity index (χ1v) is 11.3. The molecule has 0 bridgehead atoms. The molecule has 34 heavy (non-hydrogen) atoms. The van der Waals surface area contributed by atoms with Gasteiger partial charge in [0.15, 0.2) is 0 Å². The van der Waals surface area contributed by atoms with Gasteiger partial charge in [0, 0.05) is 54.0 Å². The van der Waals surface area contributed by atoms with E-state index in [9.17, 15) is 27.6 Å². The van der Waals surface area contributed by atoms with Crippen molar-refractivity contribution in [3.8, 4) is 0 Å². The summed E-state index contributed by atoms with van der Waals surface area (Å²) in [5.74, 6) is -4.90. The maximum absolute atomic E-state index is 14.1. The maximum Gasteiger partial charge on any atom is 0.252 e. The zero-order valence-corrected chi connectivity index (χ0v) is 18.8. The zero-order valence-electron chi connectivity index (χ0n) is 18.1. The van der Waals surface area contributed by atoms with Crippen LogP contribution in [0.15, 0.2) is 48.5 Å². The molecule has 0 spiro atoms. The fraction of sp³-hybridized carbons (Fsp3) is 0.375. The Morgan fingerprint density at radius 3 is 2.53 bits per heavy atom. The van der Waals surface area contributed by atoms with Crippen LogP contribution in [0.3, 0.4) is 0 Å². The lowest BCUT2D eigenvalue weighted by Crippen LogP contribution is -2.54. The average Bonchev–Trinajstić information content (AvgIpc) is 3.15. The lowest BCUT2D eigenvalue weighted by Gasteiger charge is -2.38. The minimum Gasteiger partial charge on any atom is -0.353 e. The SMILES string of the molecule is O=C1CC[C@@H](CC(=O)N(c2cccc(F)c2)[C@H](C(=O)NC2CC(F)(F)C2)c2ccccc2Cl)N1. The lowest BCUT2D eigenvalue weighted by molar-refractivity contribution is -0.133. The molecule has 1 heterocycles. The summed E-state index contributed by atoms with van der Waals surface area (Å²) < 4.78 is 40.9. The van der Waals surface area contributed by atoms with E-state index in [1.807, 2.05) is 0 Å². The summed E-state index contributed by atoms with van der Waals surface area (Å²) in [6.45, 7) is 0. The first-order valence-electron chi connectivity index (χ1n) is 10.9. The highest BCUT2D eigenvalue weighted by atomic mass is 35.5. The molecule has 0 aromatic heterocycles. The first-order chi connectivity index (χ1) is 16.1. The summed E-state index contributed by atoms with van der Waals surface area (Å²) >= 11 is 6.38. The molecule has 1 saturated heterocycles. The smallest absolute Gasteiger partial charge is 0.252 e. The summed E-state index contributed by atoms with van der Waals surface area (Å²) in [6, 6.07) is 9.03. The number of halogens is 4. The predicted molar refractivity (Wildman–Crippen MR) is 120 cm³/mol. The number of nitrogens with zero attached hydrogens (tertiary/aromatic N) is 1. The summed E-state index contributed by atoms with van der Waals surface area (Å²) in [6.07, 6.45) is -0.409. The van der Waals surface area contributed by atoms with Crippen molar-refractivity contribution in [3.05, 3.63) is 64.9 Å². The Hall–Kier alpha value is -3.07. The van der Waals surface area contributed by atoms with E-state index >= 15 is 0 Å². The Kier molecular flexibility index (Phi) is 6.84. The molecule has 180 valence electrons. The van der Waals surface area contributed by atoms with Crippen LogP contribution >= 0.6 is 11.6 Å². The van der Waals surface area contributed by atoms with Gasteiger partial charge in [0.2, 0.25) is 17.7 Å². The number of hydrogen-bond acceptors (Lipinski definition) is 3. The summed E-state index contributed by atoms with van der Waals surface area (Å²) in [5.41, 5.74) is 0.370. The van der Waals surface area contributed by atoms with Gasteiger partial charge in [-0.25, -0.2) is 13.2 Å². The second-order valence-corrected chi connectivity index (χ2v) is 9.05. The highest BCUT2D eigenvalue weighted by Crippen LogP contribution is 2.39. The number of anilines is 1. The van der Waals surface area contributed by atoms with Crippen LogP contribution in [0.5, 0.6) is 0 Å². The molecule has 0 unspecified atom stereocenters. The number of amides is 3. The number of hydrogen-bond donors (Lipinski definition) is 2. The maximum atomic E-state index is 14.1. The number of nitrogens with one attached hydrogen (secondary N) is 2. The molecule has 1 aliphatic heterocycles. The minimum absolute atomic E-state index is 0.105. The number of alkyl halides is 2. The molecular weight excluding hydrogens is 471 g/mol. The number of carbonyl (C=O) groups excluding carboxylic acids is 3. The molecular formula is C24H23ClF3N3O3. The first kappa shape index (κ1) is 24.1. The number of rotatable bonds is 7. The van der Waals surface area contributed by atoms with E-state index in [0.717, 1.165) is 11.0 Å². The number of benzene rings is 2. The molecule has 3 amide bonds. The van der Waals surface area contributed by atoms with Crippen molar-refractivity contribution in [2.24, 2.45) is 0 Å². The molecule has 0 radical (unpaired) electrons. The monoisotopic (exact) mass is 493 g/mol. The Morgan fingerprint density at radius 1 is 1.18 bits per heavy atom. The third kappa shape index (κ3) is 5.35. The summed E-state index contributed by atoms with van der Waals surface area (Å²) in [5, 5.41) is 5.48. The van der Waals surface area contributed by atoms with E-state index in [4.69, 9.17) is 11.6 Å². The lowest BCUT2D eigenvalue weighted by atomic mass is 9.87. The van der Waals surface area contributed by atoms with Crippen molar-refractivity contribution in [3.63, 3.8) is 0 Å². The van der Waals surface area contributed by atoms with E-state index in [-0.39, 0.29) is 35.0 Å². The van der Waals surface area contributed by atoms with Gasteiger partial charge in [0.05, 0.1) is 0 Å². The van der Waals surface area contributed by atoms with E-state index in [1.54, 1.807) is 24.3 Å². The fourth-order valence-electron chi connectivity index (χ4n) is 4.34. The molecule has 2 atom stereocenters. The molecule has 1 aliphatic carbocycles. The van der Waals surface area contributed by atoms with Crippen molar-refractivity contribution in [1.29, 1.82) is 0 Å². The van der Waals surface area contributed by atoms with Gasteiger partial charge in [-0.15, -0.1) is 0 Å². The van der Waals surface area contributed by atoms with Crippen molar-refractivity contribution >= 4 is 35.0 Å². The minimum atomic E-state index is -2.85. The second kappa shape index (κ2) is 9.66. The van der Waals surface area contributed by atoms with E-state index in [1.165, 1.54) is 18.2 Å². The highest BCUT2D eigenvalue weighted by Gasteiger charge is 2.47. The Morgan fingerprint density at radius 2 is 1.91 bits per heavy atom. The van der Waals surface area contributed by atoms with E-state index in [0.29, 0.717) is 6.42 Å². The quantitative estimate of drug-likeness (QED) is 0.608. The van der Waals surface area contributed by atoms with Gasteiger partial charge in [-0.05, 0) is 30.7 Å². The third-order valence-corrected chi connectivity index (χ3v) is 6.35. The van der Waals surface area contributed by atoms with Gasteiger partial charge in [-0.3, -0.25) is 19.3 Å². The van der Waals surface area contributed by atoms with Crippen LogP contribution < -0.4 is 15.5 Å². The van der Waals surface area contributed by atoms with Crippen molar-refractivity contribution in [1.82, 2.24) is 10.6 Å². The Labute approximate surface area is 199 Å². The summed E-state index contributed by atoms with van der Waals surface area (Å²) in [4.78, 5) is 39.7. The normalized spacial score (nSPS) is 20.2. The Balaban J connectivity index is 1.72. The molecule has 2 N–H and O–H groups in total. The molecule has 2 aliphatic rings. The van der Waals surface area contributed by atoms with E-state index in [2.05, 4.69) is 10.6 Å². The molecule has 1 saturated carbocycles. The highest BCUT2D eigenvalue weighted by molar-refractivity contribution is 6.31. The van der Waals surface area contributed by atoms with Gasteiger partial charge >= 0.3 is 0 Å². The van der Waals surface area contributed by atoms with Gasteiger partial charge in [0.1, 0.15) is 11.9 Å². The van der Waals surface area contributed by atoms with Crippen molar-refractivity contribution in [2.75, 3.05) is 4.90 Å². The molecule has 6 nitrogen and oxygen atoms in total. The molecule has 4 rings (SSSR count). The van der Waals surface area contributed by atoms with Crippen molar-refractivity contribution in [2.45, 2.75) is 56.2 Å². The molecule has 10 heteroatoms. The van der Waals surface area contributed by atoms with Crippen LogP contribution in [0.2, 0.25) is 5.02 Å². The summed E-state index contributed by atoms with van der Waals surface area (Å²) in [7, 11) is 0. The van der Waals surface area contributed by atoms with Crippen LogP contribution in [0.25, 0.3) is 0 Å². The van der Waals surface area contributed by atoms with Crippen LogP contribution in [0, 0.1) is 5.82 Å². The number of carbonyl (C=O) groups is 3. The topological polar surface area (TPSA) is 78.5 Å². The van der Waals surface area contributed by atoms with Crippen LogP contribution in [-0.4, -0.2) is 35.7 Å². The van der Waals surface area contributed by atoms with Gasteiger partial charge in [0.25, 0.3) is 5.92 Å². The Bertz CT molecular complexity index is 1110. The van der Waals surface area contributed by atoms with E-state index < -0.39 is 54.5 Å². The van der Waals surface area contributed by atoms with Gasteiger partial charge in [-0.2, -0.15) is 0 Å². The average molecular weight is 494 g/mol. The molecule has 2 aromatic rings. The van der Waals surface area contributed by atoms with Crippen LogP contribution in [-0.2, 0) is 14.4 Å². The molecule has 2 fully saturated rings. The third-order valence-electron chi connectivity index (χ3n) is 6.00. The second-order valence-electron chi connectivity index (χ2n) is 8.64. The largest absolute Gasteiger partial charge is 0.353 e. The van der Waals surface area contributed by atoms with Gasteiger partial charge in [-0.1, -0.05) is 35.9 Å². The fourth-order valence-corrected chi connectivity index (χ4v) is 4.58. The van der Waals surface area contributed by atoms with Crippen LogP contribution in [0.4, 0.5) is 18.9 Å². The van der Waals surface area contributed by atoms with Crippen molar-refractivity contribution < 1.29 is 27.6 Å². The van der Waals surface area contributed by atoms with Gasteiger partial charge < -0.3 is 10.6 Å². The van der Waals surface area contributed by atoms with Crippen LogP contribution in [0.1, 0.15) is 43.7 Å². The predicted octanol–water partition coefficient (Wildman–Crippen LogP) is 4.14. The molecule has 2 aromatic carbocycles. The standard InChI is InChI=1S/C24H23ClF3N3O3/c25-19-7-2-1-6-18(19)22(23(34)30-16-12-24(27,28)13-16)31(17-5-3-4-14(26)10-17)21(33)11-15-8-9-20(32)29-15/h1-7,10,15-16,22H,8-9,11-13H2,(H,29,32)(H,30,34)/t15-,22-/m0/s1. The zero-order chi connectivity index (χ0) is 24.5.